The Bertz CT molecular complexity index is 883. The van der Waals surface area contributed by atoms with Gasteiger partial charge in [-0.2, -0.15) is 0 Å². The molecule has 146 valence electrons. The number of benzene rings is 2. The summed E-state index contributed by atoms with van der Waals surface area (Å²) in [5, 5.41) is 2.68. The van der Waals surface area contributed by atoms with Gasteiger partial charge in [-0.3, -0.25) is 9.10 Å². The normalized spacial score (nSPS) is 11.1. The molecule has 2 aromatic carbocycles. The number of anilines is 2. The lowest BCUT2D eigenvalue weighted by molar-refractivity contribution is -0.120. The molecule has 0 unspecified atom stereocenters. The number of rotatable bonds is 8. The van der Waals surface area contributed by atoms with E-state index in [1.54, 1.807) is 24.3 Å². The van der Waals surface area contributed by atoms with Crippen LogP contribution in [0.5, 0.6) is 0 Å². The molecule has 0 saturated heterocycles. The molecule has 6 nitrogen and oxygen atoms in total. The van der Waals surface area contributed by atoms with E-state index >= 15 is 0 Å². The van der Waals surface area contributed by atoms with Gasteiger partial charge in [-0.15, -0.1) is 0 Å². The summed E-state index contributed by atoms with van der Waals surface area (Å²) in [6.45, 7) is 0.256. The second-order valence-corrected chi connectivity index (χ2v) is 8.31. The van der Waals surface area contributed by atoms with E-state index in [0.29, 0.717) is 11.3 Å². The molecule has 0 aromatic heterocycles. The zero-order valence-corrected chi connectivity index (χ0v) is 16.5. The van der Waals surface area contributed by atoms with E-state index in [1.165, 1.54) is 16.4 Å². The predicted octanol–water partition coefficient (Wildman–Crippen LogP) is 2.02. The second-order valence-electron chi connectivity index (χ2n) is 6.40. The minimum absolute atomic E-state index is 0.0359. The van der Waals surface area contributed by atoms with Crippen LogP contribution in [0.3, 0.4) is 0 Å². The highest BCUT2D eigenvalue weighted by atomic mass is 32.2. The van der Waals surface area contributed by atoms with Crippen LogP contribution >= 0.6 is 0 Å². The highest BCUT2D eigenvalue weighted by Gasteiger charge is 2.17. The second kappa shape index (κ2) is 8.85. The van der Waals surface area contributed by atoms with E-state index < -0.39 is 15.8 Å². The Labute approximate surface area is 159 Å². The summed E-state index contributed by atoms with van der Waals surface area (Å²) in [7, 11) is 0.306. The number of hydrogen-bond donors (Lipinski definition) is 1. The number of carbonyl (C=O) groups is 1. The molecule has 2 aromatic rings. The van der Waals surface area contributed by atoms with Crippen molar-refractivity contribution in [1.82, 2.24) is 5.32 Å². The number of nitrogens with one attached hydrogen (secondary N) is 1. The lowest BCUT2D eigenvalue weighted by Gasteiger charge is -2.23. The third kappa shape index (κ3) is 6.25. The molecule has 0 saturated carbocycles. The third-order valence-electron chi connectivity index (χ3n) is 3.95. The van der Waals surface area contributed by atoms with Crippen molar-refractivity contribution in [2.24, 2.45) is 0 Å². The maximum absolute atomic E-state index is 13.2. The summed E-state index contributed by atoms with van der Waals surface area (Å²) in [5.41, 5.74) is 2.05. The van der Waals surface area contributed by atoms with Crippen LogP contribution in [-0.2, 0) is 21.2 Å². The Morgan fingerprint density at radius 2 is 1.70 bits per heavy atom. The van der Waals surface area contributed by atoms with E-state index in [-0.39, 0.29) is 25.4 Å². The van der Waals surface area contributed by atoms with Gasteiger partial charge in [0.2, 0.25) is 15.9 Å². The van der Waals surface area contributed by atoms with Gasteiger partial charge in [0.05, 0.1) is 24.9 Å². The van der Waals surface area contributed by atoms with Crippen LogP contribution in [0.1, 0.15) is 5.56 Å². The van der Waals surface area contributed by atoms with Gasteiger partial charge in [0.25, 0.3) is 0 Å². The van der Waals surface area contributed by atoms with Crippen molar-refractivity contribution < 1.29 is 17.6 Å². The van der Waals surface area contributed by atoms with E-state index in [0.717, 1.165) is 11.9 Å². The Morgan fingerprint density at radius 1 is 1.07 bits per heavy atom. The molecule has 0 aliphatic rings. The van der Waals surface area contributed by atoms with Gasteiger partial charge in [0, 0.05) is 26.3 Å². The summed E-state index contributed by atoms with van der Waals surface area (Å²) < 4.78 is 38.6. The topological polar surface area (TPSA) is 69.7 Å². The third-order valence-corrected chi connectivity index (χ3v) is 5.14. The van der Waals surface area contributed by atoms with Crippen LogP contribution in [0.2, 0.25) is 0 Å². The number of nitrogens with zero attached hydrogens (tertiary/aromatic N) is 2. The summed E-state index contributed by atoms with van der Waals surface area (Å²) >= 11 is 0. The van der Waals surface area contributed by atoms with Crippen LogP contribution in [0, 0.1) is 5.82 Å². The van der Waals surface area contributed by atoms with Crippen LogP contribution in [0.25, 0.3) is 0 Å². The Hall–Kier alpha value is -2.61. The first-order valence-corrected chi connectivity index (χ1v) is 10.3. The van der Waals surface area contributed by atoms with Crippen LogP contribution in [0.4, 0.5) is 15.8 Å². The quantitative estimate of drug-likeness (QED) is 0.745. The highest BCUT2D eigenvalue weighted by molar-refractivity contribution is 7.92. The van der Waals surface area contributed by atoms with E-state index in [4.69, 9.17) is 0 Å². The Balaban J connectivity index is 1.98. The maximum atomic E-state index is 13.2. The van der Waals surface area contributed by atoms with Crippen LogP contribution < -0.4 is 14.5 Å². The van der Waals surface area contributed by atoms with E-state index in [1.807, 2.05) is 31.1 Å². The number of amides is 1. The van der Waals surface area contributed by atoms with Gasteiger partial charge >= 0.3 is 0 Å². The predicted molar refractivity (Wildman–Crippen MR) is 106 cm³/mol. The monoisotopic (exact) mass is 393 g/mol. The minimum atomic E-state index is -3.49. The van der Waals surface area contributed by atoms with Crippen molar-refractivity contribution in [3.8, 4) is 0 Å². The molecule has 0 bridgehead atoms. The molecule has 27 heavy (non-hydrogen) atoms. The van der Waals surface area contributed by atoms with Crippen molar-refractivity contribution >= 4 is 27.3 Å². The van der Waals surface area contributed by atoms with Crippen molar-refractivity contribution in [1.29, 1.82) is 0 Å². The molecule has 0 aliphatic carbocycles. The van der Waals surface area contributed by atoms with Crippen molar-refractivity contribution in [3.05, 3.63) is 59.9 Å². The first-order valence-electron chi connectivity index (χ1n) is 8.43. The first-order chi connectivity index (χ1) is 12.7. The van der Waals surface area contributed by atoms with Gasteiger partial charge in [0.15, 0.2) is 0 Å². The fraction of sp³-hybridized carbons (Fsp3) is 0.316. The van der Waals surface area contributed by atoms with Crippen LogP contribution in [0.15, 0.2) is 48.5 Å². The van der Waals surface area contributed by atoms with Crippen molar-refractivity contribution in [2.45, 2.75) is 6.42 Å². The fourth-order valence-electron chi connectivity index (χ4n) is 2.60. The molecule has 8 heteroatoms. The average Bonchev–Trinajstić information content (AvgIpc) is 2.58. The molecule has 2 rings (SSSR count). The van der Waals surface area contributed by atoms with E-state index in [2.05, 4.69) is 5.32 Å². The summed E-state index contributed by atoms with van der Waals surface area (Å²) in [6, 6.07) is 12.9. The van der Waals surface area contributed by atoms with Crippen LogP contribution in [-0.4, -0.2) is 47.8 Å². The van der Waals surface area contributed by atoms with Gasteiger partial charge in [0.1, 0.15) is 5.82 Å². The average molecular weight is 393 g/mol. The Morgan fingerprint density at radius 3 is 2.26 bits per heavy atom. The SMILES string of the molecule is CN(C)c1ccc(N(CCNC(=O)Cc2cccc(F)c2)S(C)(=O)=O)cc1. The summed E-state index contributed by atoms with van der Waals surface area (Å²) in [6.07, 6.45) is 1.16. The van der Waals surface area contributed by atoms with Gasteiger partial charge < -0.3 is 10.2 Å². The largest absolute Gasteiger partial charge is 0.378 e. The summed E-state index contributed by atoms with van der Waals surface area (Å²) in [5.74, 6) is -0.693. The number of carbonyl (C=O) groups excluding carboxylic acids is 1. The molecule has 0 spiro atoms. The lowest BCUT2D eigenvalue weighted by Crippen LogP contribution is -2.38. The van der Waals surface area contributed by atoms with Gasteiger partial charge in [-0.25, -0.2) is 12.8 Å². The minimum Gasteiger partial charge on any atom is -0.378 e. The van der Waals surface area contributed by atoms with Gasteiger partial charge in [-0.1, -0.05) is 12.1 Å². The molecule has 0 radical (unpaired) electrons. The molecule has 0 aliphatic heterocycles. The highest BCUT2D eigenvalue weighted by Crippen LogP contribution is 2.21. The maximum Gasteiger partial charge on any atom is 0.232 e. The van der Waals surface area contributed by atoms with Crippen molar-refractivity contribution in [2.75, 3.05) is 42.6 Å². The fourth-order valence-corrected chi connectivity index (χ4v) is 3.52. The zero-order chi connectivity index (χ0) is 20.0. The molecule has 0 atom stereocenters. The number of hydrogen-bond acceptors (Lipinski definition) is 4. The molecule has 0 fully saturated rings. The molecule has 0 heterocycles. The summed E-state index contributed by atoms with van der Waals surface area (Å²) in [4.78, 5) is 13.9. The number of halogens is 1. The van der Waals surface area contributed by atoms with E-state index in [9.17, 15) is 17.6 Å². The lowest BCUT2D eigenvalue weighted by atomic mass is 10.1. The number of sulfonamides is 1. The smallest absolute Gasteiger partial charge is 0.232 e. The Kier molecular flexibility index (Phi) is 6.79. The molecule has 1 N–H and O–H groups in total. The molecular formula is C19H24FN3O3S. The molecule has 1 amide bonds. The van der Waals surface area contributed by atoms with Gasteiger partial charge in [-0.05, 0) is 42.0 Å². The molecular weight excluding hydrogens is 369 g/mol. The van der Waals surface area contributed by atoms with Crippen molar-refractivity contribution in [3.63, 3.8) is 0 Å². The zero-order valence-electron chi connectivity index (χ0n) is 15.6. The first kappa shape index (κ1) is 20.7. The standard InChI is InChI=1S/C19H24FN3O3S/c1-22(2)17-7-9-18(10-8-17)23(27(3,25)26)12-11-21-19(24)14-15-5-4-6-16(20)13-15/h4-10,13H,11-12,14H2,1-3H3,(H,21,24).